The number of benzene rings is 2. The number of allylic oxidation sites excluding steroid dienone is 1. The highest BCUT2D eigenvalue weighted by Gasteiger charge is 2.28. The number of nitrogens with two attached hydrogens (primary N) is 1. The van der Waals surface area contributed by atoms with Crippen LogP contribution in [-0.2, 0) is 13.0 Å². The first-order valence-corrected chi connectivity index (χ1v) is 10.1. The van der Waals surface area contributed by atoms with Crippen molar-refractivity contribution in [2.24, 2.45) is 5.73 Å². The lowest BCUT2D eigenvalue weighted by molar-refractivity contribution is 0.0705. The van der Waals surface area contributed by atoms with Gasteiger partial charge in [-0.15, -0.1) is 0 Å². The molecule has 5 heteroatoms. The minimum atomic E-state index is -0.591. The van der Waals surface area contributed by atoms with Crippen LogP contribution in [0, 0.1) is 0 Å². The summed E-state index contributed by atoms with van der Waals surface area (Å²) < 4.78 is 5.38. The average Bonchev–Trinajstić information content (AvgIpc) is 2.82. The molecule has 1 aliphatic rings. The minimum Gasteiger partial charge on any atom is -0.497 e. The number of hydrogen-bond donors (Lipinski definition) is 1. The Bertz CT molecular complexity index is 1050. The highest BCUT2D eigenvalue weighted by atomic mass is 16.5. The Balaban J connectivity index is 1.70. The monoisotopic (exact) mass is 399 g/mol. The van der Waals surface area contributed by atoms with Crippen molar-refractivity contribution in [2.45, 2.75) is 25.6 Å². The fourth-order valence-electron chi connectivity index (χ4n) is 3.84. The predicted octanol–water partition coefficient (Wildman–Crippen LogP) is 4.05. The zero-order valence-electron chi connectivity index (χ0n) is 17.0. The molecular formula is C25H25N3O2. The van der Waals surface area contributed by atoms with Gasteiger partial charge in [-0.2, -0.15) is 0 Å². The standard InChI is InChI=1S/C25H25N3O2/c1-30-21-13-14-22-19(16-21)10-7-12-23(22)24(26)28(17-20-11-5-6-15-27-20)25(29)18-8-3-2-4-9-18/h2-6,8-9,11-16,24H,7,10,17,26H2,1H3. The van der Waals surface area contributed by atoms with Crippen molar-refractivity contribution in [3.8, 4) is 5.75 Å². The van der Waals surface area contributed by atoms with Crippen LogP contribution in [0.3, 0.4) is 0 Å². The Morgan fingerprint density at radius 1 is 1.13 bits per heavy atom. The molecule has 1 heterocycles. The SMILES string of the molecule is COc1ccc2c(c1)CCC=C2C(N)N(Cc1ccccn1)C(=O)c1ccccc1. The Hall–Kier alpha value is -3.44. The summed E-state index contributed by atoms with van der Waals surface area (Å²) in [5.41, 5.74) is 11.4. The van der Waals surface area contributed by atoms with Crippen molar-refractivity contribution < 1.29 is 9.53 Å². The van der Waals surface area contributed by atoms with Gasteiger partial charge in [-0.3, -0.25) is 9.78 Å². The first kappa shape index (κ1) is 19.9. The molecule has 0 bridgehead atoms. The Labute approximate surface area is 176 Å². The molecule has 1 atom stereocenters. The Kier molecular flexibility index (Phi) is 5.91. The van der Waals surface area contributed by atoms with Crippen molar-refractivity contribution >= 4 is 11.5 Å². The molecule has 0 spiro atoms. The third-order valence-corrected chi connectivity index (χ3v) is 5.40. The van der Waals surface area contributed by atoms with Gasteiger partial charge >= 0.3 is 0 Å². The predicted molar refractivity (Wildman–Crippen MR) is 118 cm³/mol. The molecular weight excluding hydrogens is 374 g/mol. The van der Waals surface area contributed by atoms with Crippen LogP contribution < -0.4 is 10.5 Å². The molecule has 1 aliphatic carbocycles. The molecule has 2 N–H and O–H groups in total. The van der Waals surface area contributed by atoms with Crippen LogP contribution in [0.25, 0.3) is 5.57 Å². The molecule has 30 heavy (non-hydrogen) atoms. The molecule has 0 radical (unpaired) electrons. The first-order valence-electron chi connectivity index (χ1n) is 10.1. The van der Waals surface area contributed by atoms with Gasteiger partial charge in [0.05, 0.1) is 19.3 Å². The maximum atomic E-state index is 13.4. The van der Waals surface area contributed by atoms with E-state index in [4.69, 9.17) is 10.5 Å². The van der Waals surface area contributed by atoms with E-state index in [0.717, 1.165) is 35.4 Å². The number of nitrogens with zero attached hydrogens (tertiary/aromatic N) is 2. The van der Waals surface area contributed by atoms with Gasteiger partial charge in [0.1, 0.15) is 11.9 Å². The number of pyridine rings is 1. The van der Waals surface area contributed by atoms with Crippen molar-refractivity contribution in [1.29, 1.82) is 0 Å². The normalized spacial score (nSPS) is 13.7. The number of aryl methyl sites for hydroxylation is 1. The van der Waals surface area contributed by atoms with E-state index in [1.54, 1.807) is 18.2 Å². The van der Waals surface area contributed by atoms with Crippen molar-refractivity contribution in [1.82, 2.24) is 9.88 Å². The summed E-state index contributed by atoms with van der Waals surface area (Å²) in [6.07, 6.45) is 5.08. The number of hydrogen-bond acceptors (Lipinski definition) is 4. The molecule has 2 aromatic carbocycles. The van der Waals surface area contributed by atoms with Crippen LogP contribution in [-0.4, -0.2) is 29.1 Å². The zero-order valence-corrected chi connectivity index (χ0v) is 17.0. The van der Waals surface area contributed by atoms with Crippen molar-refractivity contribution in [3.05, 3.63) is 101 Å². The van der Waals surface area contributed by atoms with Gasteiger partial charge in [-0.05, 0) is 65.9 Å². The van der Waals surface area contributed by atoms with E-state index in [1.165, 1.54) is 5.56 Å². The van der Waals surface area contributed by atoms with Gasteiger partial charge in [0, 0.05) is 11.8 Å². The lowest BCUT2D eigenvalue weighted by Gasteiger charge is -2.33. The van der Waals surface area contributed by atoms with Crippen LogP contribution in [0.5, 0.6) is 5.75 Å². The number of ether oxygens (including phenoxy) is 1. The fraction of sp³-hybridized carbons (Fsp3) is 0.200. The van der Waals surface area contributed by atoms with Crippen molar-refractivity contribution in [3.63, 3.8) is 0 Å². The number of fused-ring (bicyclic) bond motifs is 1. The second-order valence-corrected chi connectivity index (χ2v) is 7.29. The van der Waals surface area contributed by atoms with E-state index in [0.29, 0.717) is 12.1 Å². The molecule has 0 saturated carbocycles. The maximum absolute atomic E-state index is 13.4. The molecule has 152 valence electrons. The van der Waals surface area contributed by atoms with Crippen LogP contribution in [0.1, 0.15) is 33.6 Å². The first-order chi connectivity index (χ1) is 14.7. The maximum Gasteiger partial charge on any atom is 0.255 e. The highest BCUT2D eigenvalue weighted by Crippen LogP contribution is 2.32. The molecule has 5 nitrogen and oxygen atoms in total. The smallest absolute Gasteiger partial charge is 0.255 e. The number of rotatable bonds is 6. The summed E-state index contributed by atoms with van der Waals surface area (Å²) in [4.78, 5) is 19.5. The summed E-state index contributed by atoms with van der Waals surface area (Å²) in [5, 5.41) is 0. The zero-order chi connectivity index (χ0) is 20.9. The van der Waals surface area contributed by atoms with Gasteiger partial charge in [0.25, 0.3) is 5.91 Å². The number of carbonyl (C=O) groups is 1. The second-order valence-electron chi connectivity index (χ2n) is 7.29. The molecule has 0 fully saturated rings. The fourth-order valence-corrected chi connectivity index (χ4v) is 3.84. The lowest BCUT2D eigenvalue weighted by atomic mass is 9.88. The van der Waals surface area contributed by atoms with Gasteiger partial charge in [-0.1, -0.05) is 36.4 Å². The molecule has 3 aromatic rings. The van der Waals surface area contributed by atoms with Gasteiger partial charge in [-0.25, -0.2) is 0 Å². The van der Waals surface area contributed by atoms with Crippen LogP contribution in [0.4, 0.5) is 0 Å². The largest absolute Gasteiger partial charge is 0.497 e. The number of aromatic nitrogens is 1. The highest BCUT2D eigenvalue weighted by molar-refractivity contribution is 5.95. The lowest BCUT2D eigenvalue weighted by Crippen LogP contribution is -2.46. The van der Waals surface area contributed by atoms with E-state index >= 15 is 0 Å². The third kappa shape index (κ3) is 4.11. The van der Waals surface area contributed by atoms with E-state index in [1.807, 2.05) is 60.7 Å². The van der Waals surface area contributed by atoms with Gasteiger partial charge < -0.3 is 15.4 Å². The molecule has 4 rings (SSSR count). The van der Waals surface area contributed by atoms with Crippen LogP contribution >= 0.6 is 0 Å². The Morgan fingerprint density at radius 3 is 2.67 bits per heavy atom. The minimum absolute atomic E-state index is 0.115. The summed E-state index contributed by atoms with van der Waals surface area (Å²) in [6.45, 7) is 0.332. The Morgan fingerprint density at radius 2 is 1.93 bits per heavy atom. The number of carbonyl (C=O) groups excluding carboxylic acids is 1. The van der Waals surface area contributed by atoms with E-state index in [-0.39, 0.29) is 5.91 Å². The average molecular weight is 399 g/mol. The summed E-state index contributed by atoms with van der Waals surface area (Å²) in [6, 6.07) is 21.0. The van der Waals surface area contributed by atoms with E-state index in [2.05, 4.69) is 17.1 Å². The third-order valence-electron chi connectivity index (χ3n) is 5.40. The molecule has 1 aromatic heterocycles. The van der Waals surface area contributed by atoms with Gasteiger partial charge in [0.2, 0.25) is 0 Å². The molecule has 1 amide bonds. The molecule has 0 saturated heterocycles. The quantitative estimate of drug-likeness (QED) is 0.635. The van der Waals surface area contributed by atoms with Crippen molar-refractivity contribution in [2.75, 3.05) is 7.11 Å². The molecule has 1 unspecified atom stereocenters. The topological polar surface area (TPSA) is 68.5 Å². The van der Waals surface area contributed by atoms with E-state index < -0.39 is 6.17 Å². The van der Waals surface area contributed by atoms with Crippen LogP contribution in [0.2, 0.25) is 0 Å². The second kappa shape index (κ2) is 8.93. The van der Waals surface area contributed by atoms with Crippen LogP contribution in [0.15, 0.2) is 79.0 Å². The van der Waals surface area contributed by atoms with E-state index in [9.17, 15) is 4.79 Å². The summed E-state index contributed by atoms with van der Waals surface area (Å²) >= 11 is 0. The summed E-state index contributed by atoms with van der Waals surface area (Å²) in [5.74, 6) is 0.713. The number of amides is 1. The number of methoxy groups -OCH3 is 1. The van der Waals surface area contributed by atoms with Gasteiger partial charge in [0.15, 0.2) is 0 Å². The molecule has 0 aliphatic heterocycles. The summed E-state index contributed by atoms with van der Waals surface area (Å²) in [7, 11) is 1.67.